The zero-order valence-corrected chi connectivity index (χ0v) is 11.9. The van der Waals surface area contributed by atoms with Gasteiger partial charge in [0.1, 0.15) is 0 Å². The van der Waals surface area contributed by atoms with Crippen LogP contribution in [0.5, 0.6) is 0 Å². The van der Waals surface area contributed by atoms with Crippen LogP contribution >= 0.6 is 11.3 Å². The third kappa shape index (κ3) is 3.50. The zero-order chi connectivity index (χ0) is 12.3. The first kappa shape index (κ1) is 13.0. The van der Waals surface area contributed by atoms with E-state index in [1.165, 1.54) is 31.5 Å². The van der Waals surface area contributed by atoms with Gasteiger partial charge in [-0.05, 0) is 40.3 Å². The molecule has 0 aromatic carbocycles. The summed E-state index contributed by atoms with van der Waals surface area (Å²) in [5.41, 5.74) is 1.21. The molecule has 0 bridgehead atoms. The largest absolute Gasteiger partial charge is 0.313 e. The zero-order valence-electron chi connectivity index (χ0n) is 11.1. The Hall–Kier alpha value is -0.450. The highest BCUT2D eigenvalue weighted by atomic mass is 32.1. The molecule has 2 atom stereocenters. The normalized spacial score (nSPS) is 22.9. The molecule has 0 saturated carbocycles. The minimum atomic E-state index is 0.420. The molecule has 3 nitrogen and oxygen atoms in total. The second kappa shape index (κ2) is 5.94. The number of aryl methyl sites for hydroxylation is 1. The minimum absolute atomic E-state index is 0.420. The minimum Gasteiger partial charge on any atom is -0.313 e. The summed E-state index contributed by atoms with van der Waals surface area (Å²) < 4.78 is 0. The number of hydrogen-bond acceptors (Lipinski definition) is 4. The molecule has 17 heavy (non-hydrogen) atoms. The molecule has 4 heteroatoms. The fraction of sp³-hybridized carbons (Fsp3) is 0.769. The van der Waals surface area contributed by atoms with E-state index in [1.54, 1.807) is 11.3 Å². The Morgan fingerprint density at radius 1 is 1.59 bits per heavy atom. The van der Waals surface area contributed by atoms with Crippen molar-refractivity contribution < 1.29 is 0 Å². The Kier molecular flexibility index (Phi) is 4.54. The van der Waals surface area contributed by atoms with Crippen molar-refractivity contribution in [3.05, 3.63) is 16.1 Å². The average molecular weight is 253 g/mol. The van der Waals surface area contributed by atoms with Crippen LogP contribution in [0.1, 0.15) is 42.9 Å². The van der Waals surface area contributed by atoms with Crippen LogP contribution in [0.2, 0.25) is 0 Å². The van der Waals surface area contributed by atoms with Crippen LogP contribution in [-0.2, 0) is 0 Å². The van der Waals surface area contributed by atoms with Crippen molar-refractivity contribution in [3.8, 4) is 0 Å². The molecule has 0 spiro atoms. The first-order chi connectivity index (χ1) is 8.16. The van der Waals surface area contributed by atoms with E-state index in [2.05, 4.69) is 41.5 Å². The Bertz CT molecular complexity index is 344. The van der Waals surface area contributed by atoms with Crippen LogP contribution in [0.15, 0.2) is 5.38 Å². The summed E-state index contributed by atoms with van der Waals surface area (Å²) in [4.78, 5) is 7.00. The summed E-state index contributed by atoms with van der Waals surface area (Å²) in [7, 11) is 2.20. The number of rotatable bonds is 4. The first-order valence-electron chi connectivity index (χ1n) is 6.52. The lowest BCUT2D eigenvalue weighted by molar-refractivity contribution is 0.212. The van der Waals surface area contributed by atoms with Crippen molar-refractivity contribution in [3.63, 3.8) is 0 Å². The molecule has 2 rings (SSSR count). The molecule has 96 valence electrons. The van der Waals surface area contributed by atoms with Gasteiger partial charge in [-0.2, -0.15) is 0 Å². The van der Waals surface area contributed by atoms with Gasteiger partial charge in [0.2, 0.25) is 0 Å². The lowest BCUT2D eigenvalue weighted by atomic mass is 10.0. The van der Waals surface area contributed by atoms with Gasteiger partial charge in [0.15, 0.2) is 0 Å². The van der Waals surface area contributed by atoms with Crippen LogP contribution in [0.25, 0.3) is 0 Å². The standard InChI is InChI=1S/C13H23N3S/c1-10(13-9-17-11(2)15-13)16(3)8-12-6-4-5-7-14-12/h9-10,12,14H,4-8H2,1-3H3. The van der Waals surface area contributed by atoms with E-state index in [4.69, 9.17) is 0 Å². The van der Waals surface area contributed by atoms with E-state index in [9.17, 15) is 0 Å². The smallest absolute Gasteiger partial charge is 0.0898 e. The van der Waals surface area contributed by atoms with Crippen LogP contribution in [0, 0.1) is 6.92 Å². The van der Waals surface area contributed by atoms with Crippen LogP contribution in [0.4, 0.5) is 0 Å². The summed E-state index contributed by atoms with van der Waals surface area (Å²) in [5, 5.41) is 6.95. The van der Waals surface area contributed by atoms with Gasteiger partial charge >= 0.3 is 0 Å². The molecular weight excluding hydrogens is 230 g/mol. The fourth-order valence-corrected chi connectivity index (χ4v) is 3.08. The lowest BCUT2D eigenvalue weighted by Gasteiger charge is -2.31. The van der Waals surface area contributed by atoms with Gasteiger partial charge in [0, 0.05) is 24.0 Å². The van der Waals surface area contributed by atoms with Gasteiger partial charge in [-0.1, -0.05) is 6.42 Å². The Morgan fingerprint density at radius 2 is 2.41 bits per heavy atom. The SMILES string of the molecule is Cc1nc(C(C)N(C)CC2CCCCN2)cs1. The summed E-state index contributed by atoms with van der Waals surface area (Å²) >= 11 is 1.74. The van der Waals surface area contributed by atoms with Crippen molar-refractivity contribution in [1.82, 2.24) is 15.2 Å². The number of nitrogens with one attached hydrogen (secondary N) is 1. The third-order valence-electron chi connectivity index (χ3n) is 3.65. The summed E-state index contributed by atoms with van der Waals surface area (Å²) in [6, 6.07) is 1.08. The van der Waals surface area contributed by atoms with Crippen molar-refractivity contribution in [1.29, 1.82) is 0 Å². The molecule has 0 radical (unpaired) electrons. The number of likely N-dealkylation sites (N-methyl/N-ethyl adjacent to an activating group) is 1. The van der Waals surface area contributed by atoms with E-state index < -0.39 is 0 Å². The lowest BCUT2D eigenvalue weighted by Crippen LogP contribution is -2.43. The predicted octanol–water partition coefficient (Wildman–Crippen LogP) is 2.59. The number of aromatic nitrogens is 1. The molecule has 1 N–H and O–H groups in total. The number of thiazole rings is 1. The van der Waals surface area contributed by atoms with Gasteiger partial charge < -0.3 is 5.32 Å². The maximum atomic E-state index is 4.58. The average Bonchev–Trinajstić information content (AvgIpc) is 2.76. The highest BCUT2D eigenvalue weighted by Crippen LogP contribution is 2.21. The molecule has 0 aliphatic carbocycles. The Labute approximate surface area is 108 Å². The molecule has 1 aromatic rings. The second-order valence-corrected chi connectivity index (χ2v) is 6.12. The third-order valence-corrected chi connectivity index (χ3v) is 4.44. The molecule has 1 aliphatic rings. The molecule has 1 aromatic heterocycles. The summed E-state index contributed by atoms with van der Waals surface area (Å²) in [5.74, 6) is 0. The van der Waals surface area contributed by atoms with Gasteiger partial charge in [-0.15, -0.1) is 11.3 Å². The van der Waals surface area contributed by atoms with Crippen molar-refractivity contribution in [2.24, 2.45) is 0 Å². The van der Waals surface area contributed by atoms with Crippen molar-refractivity contribution >= 4 is 11.3 Å². The van der Waals surface area contributed by atoms with E-state index in [0.29, 0.717) is 12.1 Å². The maximum Gasteiger partial charge on any atom is 0.0898 e. The summed E-state index contributed by atoms with van der Waals surface area (Å²) in [6.07, 6.45) is 4.02. The highest BCUT2D eigenvalue weighted by molar-refractivity contribution is 7.09. The van der Waals surface area contributed by atoms with Gasteiger partial charge in [0.25, 0.3) is 0 Å². The maximum absolute atomic E-state index is 4.58. The molecule has 1 aliphatic heterocycles. The number of hydrogen-bond donors (Lipinski definition) is 1. The first-order valence-corrected chi connectivity index (χ1v) is 7.40. The Balaban J connectivity index is 1.88. The second-order valence-electron chi connectivity index (χ2n) is 5.05. The number of piperidine rings is 1. The van der Waals surface area contributed by atoms with Gasteiger partial charge in [0.05, 0.1) is 10.7 Å². The van der Waals surface area contributed by atoms with Crippen LogP contribution in [0.3, 0.4) is 0 Å². The molecular formula is C13H23N3S. The van der Waals surface area contributed by atoms with E-state index in [1.807, 2.05) is 0 Å². The molecule has 2 heterocycles. The van der Waals surface area contributed by atoms with E-state index in [-0.39, 0.29) is 0 Å². The Morgan fingerprint density at radius 3 is 3.00 bits per heavy atom. The van der Waals surface area contributed by atoms with Crippen LogP contribution < -0.4 is 5.32 Å². The molecule has 1 fully saturated rings. The van der Waals surface area contributed by atoms with Crippen molar-refractivity contribution in [2.45, 2.75) is 45.2 Å². The molecule has 2 unspecified atom stereocenters. The molecule has 1 saturated heterocycles. The van der Waals surface area contributed by atoms with Crippen molar-refractivity contribution in [2.75, 3.05) is 20.1 Å². The van der Waals surface area contributed by atoms with Gasteiger partial charge in [-0.25, -0.2) is 4.98 Å². The number of nitrogens with zero attached hydrogens (tertiary/aromatic N) is 2. The predicted molar refractivity (Wildman–Crippen MR) is 73.5 cm³/mol. The monoisotopic (exact) mass is 253 g/mol. The van der Waals surface area contributed by atoms with E-state index >= 15 is 0 Å². The quantitative estimate of drug-likeness (QED) is 0.894. The van der Waals surface area contributed by atoms with Gasteiger partial charge in [-0.3, -0.25) is 4.90 Å². The highest BCUT2D eigenvalue weighted by Gasteiger charge is 2.19. The van der Waals surface area contributed by atoms with E-state index in [0.717, 1.165) is 11.6 Å². The van der Waals surface area contributed by atoms with Crippen LogP contribution in [-0.4, -0.2) is 36.1 Å². The topological polar surface area (TPSA) is 28.2 Å². The molecule has 0 amide bonds. The fourth-order valence-electron chi connectivity index (χ4n) is 2.38. The summed E-state index contributed by atoms with van der Waals surface area (Å²) in [6.45, 7) is 6.63.